The highest BCUT2D eigenvalue weighted by atomic mass is 16.5. The Labute approximate surface area is 147 Å². The number of phenolic OH excluding ortho intramolecular Hbond substituents is 2. The summed E-state index contributed by atoms with van der Waals surface area (Å²) in [7, 11) is 0. The molecule has 1 aliphatic rings. The fraction of sp³-hybridized carbons (Fsp3) is 0.316. The summed E-state index contributed by atoms with van der Waals surface area (Å²) >= 11 is 0. The molecule has 2 aromatic rings. The third kappa shape index (κ3) is 5.60. The van der Waals surface area contributed by atoms with Crippen molar-refractivity contribution in [2.24, 2.45) is 0 Å². The number of hydrogen-bond acceptors (Lipinski definition) is 5. The summed E-state index contributed by atoms with van der Waals surface area (Å²) in [5, 5.41) is 25.9. The van der Waals surface area contributed by atoms with Gasteiger partial charge in [-0.2, -0.15) is 0 Å². The first-order valence-electron chi connectivity index (χ1n) is 8.03. The number of carbonyl (C=O) groups is 1. The molecule has 0 atom stereocenters. The lowest BCUT2D eigenvalue weighted by atomic mass is 10.1. The molecule has 136 valence electrons. The molecule has 0 saturated carbocycles. The van der Waals surface area contributed by atoms with Crippen LogP contribution >= 0.6 is 0 Å². The molecule has 2 aromatic carbocycles. The third-order valence-electron chi connectivity index (χ3n) is 3.44. The fourth-order valence-corrected chi connectivity index (χ4v) is 2.32. The van der Waals surface area contributed by atoms with Gasteiger partial charge in [0.2, 0.25) is 0 Å². The molecule has 0 aromatic heterocycles. The van der Waals surface area contributed by atoms with Gasteiger partial charge >= 0.3 is 0 Å². The maximum absolute atomic E-state index is 9.73. The van der Waals surface area contributed by atoms with Gasteiger partial charge in [-0.15, -0.1) is 0 Å². The Morgan fingerprint density at radius 1 is 1.20 bits per heavy atom. The largest absolute Gasteiger partial charge is 0.508 e. The predicted molar refractivity (Wildman–Crippen MR) is 94.5 cm³/mol. The number of aryl methyl sites for hydroxylation is 1. The van der Waals surface area contributed by atoms with Crippen molar-refractivity contribution in [3.8, 4) is 23.0 Å². The number of rotatable bonds is 3. The van der Waals surface area contributed by atoms with E-state index in [9.17, 15) is 10.2 Å². The topological polar surface area (TPSA) is 96.2 Å². The Balaban J connectivity index is 0.000000567. The van der Waals surface area contributed by atoms with Crippen LogP contribution in [0.1, 0.15) is 30.5 Å². The maximum atomic E-state index is 9.73. The van der Waals surface area contributed by atoms with Crippen LogP contribution in [0.4, 0.5) is 0 Å². The van der Waals surface area contributed by atoms with Crippen LogP contribution < -0.4 is 9.47 Å². The van der Waals surface area contributed by atoms with Crippen LogP contribution in [0.3, 0.4) is 0 Å². The van der Waals surface area contributed by atoms with Crippen LogP contribution in [-0.2, 0) is 17.8 Å². The monoisotopic (exact) mass is 348 g/mol. The highest BCUT2D eigenvalue weighted by Crippen LogP contribution is 2.33. The smallest absolute Gasteiger partial charge is 0.290 e. The number of hydrogen-bond donors (Lipinski definition) is 3. The van der Waals surface area contributed by atoms with Crippen molar-refractivity contribution in [1.82, 2.24) is 0 Å². The van der Waals surface area contributed by atoms with E-state index in [0.717, 1.165) is 30.1 Å². The minimum atomic E-state index is -0.250. The molecule has 3 rings (SSSR count). The second-order valence-electron chi connectivity index (χ2n) is 5.03. The van der Waals surface area contributed by atoms with Gasteiger partial charge in [-0.05, 0) is 36.2 Å². The second-order valence-corrected chi connectivity index (χ2v) is 5.03. The minimum Gasteiger partial charge on any atom is -0.508 e. The molecule has 0 radical (unpaired) electrons. The number of benzene rings is 2. The van der Waals surface area contributed by atoms with Crippen LogP contribution in [0, 0.1) is 6.92 Å². The average Bonchev–Trinajstić information content (AvgIpc) is 3.03. The van der Waals surface area contributed by atoms with Crippen LogP contribution in [0.5, 0.6) is 23.0 Å². The SMILES string of the molecule is CC.Cc1cc2c(cc1OCc1ccc(O)cc1O)OCC2.O=CO. The number of phenols is 2. The summed E-state index contributed by atoms with van der Waals surface area (Å²) < 4.78 is 11.3. The molecule has 25 heavy (non-hydrogen) atoms. The average molecular weight is 348 g/mol. The number of fused-ring (bicyclic) bond motifs is 1. The van der Waals surface area contributed by atoms with Crippen molar-refractivity contribution in [2.45, 2.75) is 33.8 Å². The van der Waals surface area contributed by atoms with Gasteiger partial charge in [0.25, 0.3) is 6.47 Å². The van der Waals surface area contributed by atoms with Crippen molar-refractivity contribution in [3.63, 3.8) is 0 Å². The van der Waals surface area contributed by atoms with E-state index in [0.29, 0.717) is 5.56 Å². The zero-order valence-corrected chi connectivity index (χ0v) is 14.7. The first-order valence-corrected chi connectivity index (χ1v) is 8.03. The molecule has 0 spiro atoms. The summed E-state index contributed by atoms with van der Waals surface area (Å²) in [5.41, 5.74) is 2.89. The van der Waals surface area contributed by atoms with Gasteiger partial charge < -0.3 is 24.8 Å². The van der Waals surface area contributed by atoms with Gasteiger partial charge in [0.15, 0.2) is 0 Å². The van der Waals surface area contributed by atoms with Crippen molar-refractivity contribution in [2.75, 3.05) is 6.61 Å². The van der Waals surface area contributed by atoms with Gasteiger partial charge in [0.05, 0.1) is 6.61 Å². The van der Waals surface area contributed by atoms with E-state index in [1.54, 1.807) is 6.07 Å². The summed E-state index contributed by atoms with van der Waals surface area (Å²) in [5.74, 6) is 1.69. The van der Waals surface area contributed by atoms with E-state index in [1.807, 2.05) is 26.8 Å². The number of carboxylic acid groups (broad SMARTS) is 1. The molecule has 0 aliphatic carbocycles. The van der Waals surface area contributed by atoms with Crippen molar-refractivity contribution >= 4 is 6.47 Å². The second kappa shape index (κ2) is 10.1. The lowest BCUT2D eigenvalue weighted by Crippen LogP contribution is -1.98. The van der Waals surface area contributed by atoms with Gasteiger partial charge in [-0.1, -0.05) is 13.8 Å². The standard InChI is InChI=1S/C16H16O4.C2H6.CH2O2/c1-10-6-11-4-5-19-16(11)8-15(10)20-9-12-2-3-13(17)7-14(12)18;1-2;2-1-3/h2-3,6-8,17-18H,4-5,9H2,1H3;1-2H3;1H,(H,2,3). The zero-order valence-electron chi connectivity index (χ0n) is 14.7. The fourth-order valence-electron chi connectivity index (χ4n) is 2.32. The van der Waals surface area contributed by atoms with E-state index in [1.165, 1.54) is 17.7 Å². The van der Waals surface area contributed by atoms with Crippen molar-refractivity contribution < 1.29 is 29.6 Å². The first-order chi connectivity index (χ1) is 12.0. The lowest BCUT2D eigenvalue weighted by molar-refractivity contribution is -0.122. The summed E-state index contributed by atoms with van der Waals surface area (Å²) in [4.78, 5) is 8.36. The molecule has 0 saturated heterocycles. The molecule has 6 nitrogen and oxygen atoms in total. The van der Waals surface area contributed by atoms with E-state index >= 15 is 0 Å². The lowest BCUT2D eigenvalue weighted by Gasteiger charge is -2.12. The van der Waals surface area contributed by atoms with E-state index in [4.69, 9.17) is 19.4 Å². The van der Waals surface area contributed by atoms with Crippen LogP contribution in [0.15, 0.2) is 30.3 Å². The predicted octanol–water partition coefficient (Wildman–Crippen LogP) is 3.65. The Morgan fingerprint density at radius 2 is 1.88 bits per heavy atom. The van der Waals surface area contributed by atoms with Crippen LogP contribution in [0.25, 0.3) is 0 Å². The highest BCUT2D eigenvalue weighted by Gasteiger charge is 2.15. The Kier molecular flexibility index (Phi) is 8.12. The highest BCUT2D eigenvalue weighted by molar-refractivity contribution is 5.48. The van der Waals surface area contributed by atoms with Gasteiger partial charge in [0.1, 0.15) is 29.6 Å². The van der Waals surface area contributed by atoms with Crippen LogP contribution in [-0.4, -0.2) is 28.4 Å². The van der Waals surface area contributed by atoms with E-state index < -0.39 is 0 Å². The van der Waals surface area contributed by atoms with Gasteiger partial charge in [-0.25, -0.2) is 0 Å². The minimum absolute atomic E-state index is 0.0278. The van der Waals surface area contributed by atoms with Gasteiger partial charge in [-0.3, -0.25) is 4.79 Å². The summed E-state index contributed by atoms with van der Waals surface area (Å²) in [6, 6.07) is 8.45. The third-order valence-corrected chi connectivity index (χ3v) is 3.44. The number of ether oxygens (including phenoxy) is 2. The molecule has 6 heteroatoms. The molecule has 0 bridgehead atoms. The first kappa shape index (κ1) is 20.2. The summed E-state index contributed by atoms with van der Waals surface area (Å²) in [6.45, 7) is 6.70. The molecular formula is C19H24O6. The molecule has 3 N–H and O–H groups in total. The van der Waals surface area contributed by atoms with E-state index in [-0.39, 0.29) is 24.6 Å². The summed E-state index contributed by atoms with van der Waals surface area (Å²) in [6.07, 6.45) is 0.940. The Morgan fingerprint density at radius 3 is 2.52 bits per heavy atom. The van der Waals surface area contributed by atoms with Crippen LogP contribution in [0.2, 0.25) is 0 Å². The van der Waals surface area contributed by atoms with Gasteiger partial charge in [0, 0.05) is 24.1 Å². The van der Waals surface area contributed by atoms with Crippen molar-refractivity contribution in [1.29, 1.82) is 0 Å². The Hall–Kier alpha value is -2.89. The molecule has 0 fully saturated rings. The van der Waals surface area contributed by atoms with E-state index in [2.05, 4.69) is 6.07 Å². The van der Waals surface area contributed by atoms with Crippen molar-refractivity contribution in [3.05, 3.63) is 47.0 Å². The Bertz CT molecular complexity index is 697. The number of aromatic hydroxyl groups is 2. The molecule has 1 aliphatic heterocycles. The molecular weight excluding hydrogens is 324 g/mol. The molecule has 0 unspecified atom stereocenters. The molecule has 1 heterocycles. The maximum Gasteiger partial charge on any atom is 0.290 e. The molecule has 0 amide bonds. The quantitative estimate of drug-likeness (QED) is 0.733. The zero-order chi connectivity index (χ0) is 18.8. The normalized spacial score (nSPS) is 11.0.